The number of carbonyl (C=O) groups is 2. The summed E-state index contributed by atoms with van der Waals surface area (Å²) in [6.07, 6.45) is 2.01. The average molecular weight is 226 g/mol. The van der Waals surface area contributed by atoms with Crippen molar-refractivity contribution >= 4 is 11.8 Å². The van der Waals surface area contributed by atoms with Gasteiger partial charge in [0, 0.05) is 32.1 Å². The minimum absolute atomic E-state index is 0.0289. The Bertz CT molecular complexity index is 262. The predicted octanol–water partition coefficient (Wildman–Crippen LogP) is 1.33. The Balaban J connectivity index is 4.14. The van der Waals surface area contributed by atoms with E-state index in [1.165, 1.54) is 6.92 Å². The van der Waals surface area contributed by atoms with Crippen LogP contribution in [0.5, 0.6) is 0 Å². The van der Waals surface area contributed by atoms with Crippen molar-refractivity contribution in [3.05, 3.63) is 12.2 Å². The smallest absolute Gasteiger partial charge is 0.248 e. The van der Waals surface area contributed by atoms with E-state index in [0.717, 1.165) is 19.4 Å². The minimum atomic E-state index is -0.0711. The molecule has 0 aliphatic heterocycles. The Morgan fingerprint density at radius 1 is 1.25 bits per heavy atom. The Morgan fingerprint density at radius 2 is 1.88 bits per heavy atom. The Morgan fingerprint density at radius 3 is 2.31 bits per heavy atom. The normalized spacial score (nSPS) is 9.69. The van der Waals surface area contributed by atoms with E-state index in [2.05, 4.69) is 18.8 Å². The van der Waals surface area contributed by atoms with Crippen LogP contribution < -0.4 is 5.32 Å². The monoisotopic (exact) mass is 226 g/mol. The molecule has 92 valence electrons. The number of carbonyl (C=O) groups excluding carboxylic acids is 2. The molecular weight excluding hydrogens is 204 g/mol. The van der Waals surface area contributed by atoms with E-state index >= 15 is 0 Å². The maximum atomic E-state index is 11.7. The highest BCUT2D eigenvalue weighted by Crippen LogP contribution is 2.01. The maximum Gasteiger partial charge on any atom is 0.248 e. The number of nitrogens with one attached hydrogen (secondary N) is 1. The van der Waals surface area contributed by atoms with Gasteiger partial charge in [0.15, 0.2) is 0 Å². The lowest BCUT2D eigenvalue weighted by molar-refractivity contribution is -0.127. The third-order valence-electron chi connectivity index (χ3n) is 2.19. The predicted molar refractivity (Wildman–Crippen MR) is 65.0 cm³/mol. The van der Waals surface area contributed by atoms with Crippen molar-refractivity contribution in [3.63, 3.8) is 0 Å². The molecule has 0 aliphatic rings. The van der Waals surface area contributed by atoms with Crippen LogP contribution in [0.15, 0.2) is 12.2 Å². The number of unbranched alkanes of at least 4 members (excludes halogenated alkanes) is 1. The zero-order valence-corrected chi connectivity index (χ0v) is 10.5. The summed E-state index contributed by atoms with van der Waals surface area (Å²) >= 11 is 0. The van der Waals surface area contributed by atoms with Crippen LogP contribution in [0.1, 0.15) is 33.6 Å². The number of hydrogen-bond donors (Lipinski definition) is 1. The first kappa shape index (κ1) is 14.7. The summed E-state index contributed by atoms with van der Waals surface area (Å²) in [7, 11) is 0. The summed E-state index contributed by atoms with van der Waals surface area (Å²) in [6.45, 7) is 10.7. The number of amides is 2. The largest absolute Gasteiger partial charge is 0.355 e. The number of rotatable bonds is 7. The molecule has 0 heterocycles. The zero-order valence-electron chi connectivity index (χ0n) is 10.5. The SMILES string of the molecule is C=C(C)C(=O)N(CCCC)CCNC(C)=O. The summed E-state index contributed by atoms with van der Waals surface area (Å²) < 4.78 is 0. The van der Waals surface area contributed by atoms with Crippen LogP contribution in [-0.4, -0.2) is 36.3 Å². The molecule has 0 aromatic heterocycles. The van der Waals surface area contributed by atoms with Gasteiger partial charge in [0.25, 0.3) is 0 Å². The molecule has 4 heteroatoms. The van der Waals surface area contributed by atoms with E-state index < -0.39 is 0 Å². The van der Waals surface area contributed by atoms with Crippen molar-refractivity contribution in [3.8, 4) is 0 Å². The molecule has 2 amide bonds. The second kappa shape index (κ2) is 7.91. The first-order valence-electron chi connectivity index (χ1n) is 5.68. The van der Waals surface area contributed by atoms with E-state index in [1.807, 2.05) is 0 Å². The van der Waals surface area contributed by atoms with Crippen molar-refractivity contribution in [2.45, 2.75) is 33.6 Å². The lowest BCUT2D eigenvalue weighted by atomic mass is 10.2. The van der Waals surface area contributed by atoms with Crippen LogP contribution in [0.25, 0.3) is 0 Å². The fraction of sp³-hybridized carbons (Fsp3) is 0.667. The van der Waals surface area contributed by atoms with Crippen LogP contribution in [0, 0.1) is 0 Å². The molecule has 0 saturated carbocycles. The highest BCUT2D eigenvalue weighted by Gasteiger charge is 2.12. The summed E-state index contributed by atoms with van der Waals surface area (Å²) in [5.74, 6) is -0.1000. The van der Waals surface area contributed by atoms with Crippen molar-refractivity contribution < 1.29 is 9.59 Å². The minimum Gasteiger partial charge on any atom is -0.355 e. The third-order valence-corrected chi connectivity index (χ3v) is 2.19. The van der Waals surface area contributed by atoms with E-state index in [0.29, 0.717) is 18.7 Å². The summed E-state index contributed by atoms with van der Waals surface area (Å²) in [4.78, 5) is 24.2. The maximum absolute atomic E-state index is 11.7. The Labute approximate surface area is 97.7 Å². The fourth-order valence-electron chi connectivity index (χ4n) is 1.30. The molecular formula is C12H22N2O2. The molecule has 0 unspecified atom stereocenters. The molecule has 0 aromatic carbocycles. The van der Waals surface area contributed by atoms with Crippen molar-refractivity contribution in [1.29, 1.82) is 0 Å². The standard InChI is InChI=1S/C12H22N2O2/c1-5-6-8-14(12(16)10(2)3)9-7-13-11(4)15/h2,5-9H2,1,3-4H3,(H,13,15). The van der Waals surface area contributed by atoms with E-state index in [9.17, 15) is 9.59 Å². The van der Waals surface area contributed by atoms with Crippen molar-refractivity contribution in [2.75, 3.05) is 19.6 Å². The van der Waals surface area contributed by atoms with Gasteiger partial charge in [-0.1, -0.05) is 19.9 Å². The topological polar surface area (TPSA) is 49.4 Å². The summed E-state index contributed by atoms with van der Waals surface area (Å²) in [5.41, 5.74) is 0.541. The molecule has 0 bridgehead atoms. The fourth-order valence-corrected chi connectivity index (χ4v) is 1.30. The van der Waals surface area contributed by atoms with Gasteiger partial charge < -0.3 is 10.2 Å². The van der Waals surface area contributed by atoms with E-state index in [1.54, 1.807) is 11.8 Å². The van der Waals surface area contributed by atoms with Crippen molar-refractivity contribution in [1.82, 2.24) is 10.2 Å². The average Bonchev–Trinajstić information content (AvgIpc) is 2.21. The van der Waals surface area contributed by atoms with Gasteiger partial charge in [0.05, 0.1) is 0 Å². The highest BCUT2D eigenvalue weighted by atomic mass is 16.2. The van der Waals surface area contributed by atoms with Gasteiger partial charge in [0.1, 0.15) is 0 Å². The molecule has 16 heavy (non-hydrogen) atoms. The first-order chi connectivity index (χ1) is 7.49. The molecule has 0 rings (SSSR count). The Hall–Kier alpha value is -1.32. The number of hydrogen-bond acceptors (Lipinski definition) is 2. The molecule has 0 aliphatic carbocycles. The lowest BCUT2D eigenvalue weighted by Gasteiger charge is -2.22. The van der Waals surface area contributed by atoms with Gasteiger partial charge in [-0.05, 0) is 13.3 Å². The Kier molecular flexibility index (Phi) is 7.25. The number of nitrogens with zero attached hydrogens (tertiary/aromatic N) is 1. The molecule has 4 nitrogen and oxygen atoms in total. The van der Waals surface area contributed by atoms with Gasteiger partial charge in [-0.2, -0.15) is 0 Å². The second-order valence-corrected chi connectivity index (χ2v) is 3.91. The van der Waals surface area contributed by atoms with Crippen LogP contribution in [-0.2, 0) is 9.59 Å². The van der Waals surface area contributed by atoms with Crippen LogP contribution >= 0.6 is 0 Å². The molecule has 0 fully saturated rings. The van der Waals surface area contributed by atoms with E-state index in [-0.39, 0.29) is 11.8 Å². The van der Waals surface area contributed by atoms with Crippen molar-refractivity contribution in [2.24, 2.45) is 0 Å². The second-order valence-electron chi connectivity index (χ2n) is 3.91. The van der Waals surface area contributed by atoms with Crippen LogP contribution in [0.3, 0.4) is 0 Å². The van der Waals surface area contributed by atoms with Crippen LogP contribution in [0.2, 0.25) is 0 Å². The van der Waals surface area contributed by atoms with E-state index in [4.69, 9.17) is 0 Å². The third kappa shape index (κ3) is 6.22. The van der Waals surface area contributed by atoms with Gasteiger partial charge in [-0.25, -0.2) is 0 Å². The molecule has 0 radical (unpaired) electrons. The molecule has 0 spiro atoms. The molecule has 0 aromatic rings. The van der Waals surface area contributed by atoms with Gasteiger partial charge in [0.2, 0.25) is 11.8 Å². The highest BCUT2D eigenvalue weighted by molar-refractivity contribution is 5.92. The molecule has 0 saturated heterocycles. The van der Waals surface area contributed by atoms with Gasteiger partial charge in [-0.15, -0.1) is 0 Å². The van der Waals surface area contributed by atoms with Gasteiger partial charge in [-0.3, -0.25) is 9.59 Å². The summed E-state index contributed by atoms with van der Waals surface area (Å²) in [5, 5.41) is 2.68. The summed E-state index contributed by atoms with van der Waals surface area (Å²) in [6, 6.07) is 0. The van der Waals surface area contributed by atoms with Crippen LogP contribution in [0.4, 0.5) is 0 Å². The quantitative estimate of drug-likeness (QED) is 0.666. The molecule has 0 atom stereocenters. The zero-order chi connectivity index (χ0) is 12.6. The van der Waals surface area contributed by atoms with Gasteiger partial charge >= 0.3 is 0 Å². The molecule has 1 N–H and O–H groups in total. The lowest BCUT2D eigenvalue weighted by Crippen LogP contribution is -2.38. The first-order valence-corrected chi connectivity index (χ1v) is 5.68.